The van der Waals surface area contributed by atoms with E-state index >= 15 is 0 Å². The number of aliphatic carboxylic acids is 1. The van der Waals surface area contributed by atoms with Crippen LogP contribution in [-0.2, 0) is 33.3 Å². The minimum atomic E-state index is -1.51. The lowest BCUT2D eigenvalue weighted by molar-refractivity contribution is -0.870. The molecule has 0 spiro atoms. The number of likely N-dealkylation sites (N-methyl/N-ethyl adjacent to an activating group) is 1. The van der Waals surface area contributed by atoms with Crippen molar-refractivity contribution in [2.45, 2.75) is 392 Å². The number of rotatable bonds is 72. The summed E-state index contributed by atoms with van der Waals surface area (Å²) in [6.07, 6.45) is 88.4. The smallest absolute Gasteiger partial charge is 0.361 e. The van der Waals surface area contributed by atoms with Gasteiger partial charge in [0.1, 0.15) is 13.2 Å². The maximum absolute atomic E-state index is 12.9. The average Bonchev–Trinajstić information content (AvgIpc) is 3.51. The molecule has 88 heavy (non-hydrogen) atoms. The third-order valence-corrected chi connectivity index (χ3v) is 17.3. The first-order valence-corrected chi connectivity index (χ1v) is 38.3. The summed E-state index contributed by atoms with van der Waals surface area (Å²) in [6.45, 7) is 4.82. The van der Waals surface area contributed by atoms with Crippen LogP contribution in [0.4, 0.5) is 0 Å². The number of hydrogen-bond donors (Lipinski definition) is 1. The van der Waals surface area contributed by atoms with Crippen LogP contribution in [-0.4, -0.2) is 87.4 Å². The second kappa shape index (κ2) is 70.1. The van der Waals surface area contributed by atoms with E-state index < -0.39 is 24.3 Å². The molecule has 0 saturated carbocycles. The molecule has 0 aromatic heterocycles. The van der Waals surface area contributed by atoms with Gasteiger partial charge in [-0.2, -0.15) is 0 Å². The summed E-state index contributed by atoms with van der Waals surface area (Å²) in [5, 5.41) is 9.75. The van der Waals surface area contributed by atoms with Crippen molar-refractivity contribution in [2.75, 3.05) is 47.5 Å². The van der Waals surface area contributed by atoms with Gasteiger partial charge in [0.05, 0.1) is 34.4 Å². The molecule has 9 heteroatoms. The molecular weight excluding hydrogens is 1090 g/mol. The Morgan fingerprint density at radius 1 is 0.352 bits per heavy atom. The lowest BCUT2D eigenvalue weighted by Gasteiger charge is -2.25. The Balaban J connectivity index is 3.93. The number of nitrogens with zero attached hydrogens (tertiary/aromatic N) is 1. The van der Waals surface area contributed by atoms with Gasteiger partial charge >= 0.3 is 17.9 Å². The molecule has 0 radical (unpaired) electrons. The Morgan fingerprint density at radius 3 is 0.966 bits per heavy atom. The van der Waals surface area contributed by atoms with Gasteiger partial charge in [0.25, 0.3) is 6.29 Å². The lowest BCUT2D eigenvalue weighted by Crippen LogP contribution is -2.40. The summed E-state index contributed by atoms with van der Waals surface area (Å²) in [4.78, 5) is 37.6. The van der Waals surface area contributed by atoms with Crippen molar-refractivity contribution < 1.29 is 42.9 Å². The van der Waals surface area contributed by atoms with Gasteiger partial charge in [-0.25, -0.2) is 4.79 Å². The highest BCUT2D eigenvalue weighted by molar-refractivity contribution is 5.71. The maximum atomic E-state index is 12.9. The van der Waals surface area contributed by atoms with Crippen LogP contribution in [0.3, 0.4) is 0 Å². The Kier molecular flexibility index (Phi) is 67.9. The van der Waals surface area contributed by atoms with Crippen molar-refractivity contribution in [2.24, 2.45) is 0 Å². The van der Waals surface area contributed by atoms with Crippen molar-refractivity contribution in [3.05, 3.63) is 48.6 Å². The number of quaternary nitrogens is 1. The topological polar surface area (TPSA) is 108 Å². The average molecular weight is 1240 g/mol. The van der Waals surface area contributed by atoms with Crippen LogP contribution in [0.25, 0.3) is 0 Å². The Hall–Kier alpha value is -2.75. The molecule has 0 aromatic carbocycles. The van der Waals surface area contributed by atoms with E-state index in [9.17, 15) is 19.5 Å². The van der Waals surface area contributed by atoms with Gasteiger partial charge in [-0.05, 0) is 51.4 Å². The highest BCUT2D eigenvalue weighted by Crippen LogP contribution is 2.20. The molecule has 2 atom stereocenters. The largest absolute Gasteiger partial charge is 0.477 e. The van der Waals surface area contributed by atoms with Crippen molar-refractivity contribution in [1.82, 2.24) is 0 Å². The van der Waals surface area contributed by atoms with E-state index in [4.69, 9.17) is 18.9 Å². The molecule has 0 fully saturated rings. The minimum Gasteiger partial charge on any atom is -0.477 e. The number of carbonyl (C=O) groups excluding carboxylic acids is 2. The van der Waals surface area contributed by atoms with Gasteiger partial charge in [0.15, 0.2) is 6.10 Å². The highest BCUT2D eigenvalue weighted by Gasteiger charge is 2.25. The molecule has 2 unspecified atom stereocenters. The standard InChI is InChI=1S/C79H147NO8/c1-6-8-10-12-14-16-18-20-22-24-26-28-30-31-32-33-34-35-36-37-38-39-40-41-42-43-44-45-46-48-49-51-53-55-57-59-61-63-65-67-69-76(81)86-73-75(74-87-79(78(83)84)85-72-71-80(3,4)5)88-77(82)70-68-66-64-62-60-58-56-54-52-50-47-29-27-25-23-21-19-17-15-13-11-9-7-2/h9,11,15,17,21,23,27,29,75,79H,6-8,10,12-14,16,18-20,22,24-26,28,30-74H2,1-5H3/p+1/b11-9-,17-15-,23-21-,29-27-. The van der Waals surface area contributed by atoms with E-state index in [0.717, 1.165) is 77.0 Å². The second-order valence-electron chi connectivity index (χ2n) is 27.3. The van der Waals surface area contributed by atoms with Gasteiger partial charge in [0, 0.05) is 12.8 Å². The molecule has 1 N–H and O–H groups in total. The zero-order valence-corrected chi connectivity index (χ0v) is 59.2. The van der Waals surface area contributed by atoms with E-state index in [1.807, 2.05) is 21.1 Å². The molecule has 516 valence electrons. The first kappa shape index (κ1) is 85.2. The van der Waals surface area contributed by atoms with Crippen LogP contribution < -0.4 is 0 Å². The molecule has 0 saturated heterocycles. The fraction of sp³-hybridized carbons (Fsp3) is 0.861. The summed E-state index contributed by atoms with van der Waals surface area (Å²) < 4.78 is 23.0. The molecule has 0 aliphatic rings. The van der Waals surface area contributed by atoms with E-state index in [2.05, 4.69) is 62.5 Å². The van der Waals surface area contributed by atoms with Gasteiger partial charge in [-0.1, -0.05) is 364 Å². The number of hydrogen-bond acceptors (Lipinski definition) is 7. The summed E-state index contributed by atoms with van der Waals surface area (Å²) in [6, 6.07) is 0. The maximum Gasteiger partial charge on any atom is 0.361 e. The molecule has 0 aromatic rings. The number of carboxylic acids is 1. The van der Waals surface area contributed by atoms with Crippen LogP contribution in [0, 0.1) is 0 Å². The normalized spacial score (nSPS) is 12.9. The SMILES string of the molecule is CC/C=C\C/C=C\C/C=C\C/C=C\CCCCCCCCCCCCC(=O)OC(COC(=O)CCCCCCCCCCCCCCCCCCCCCCCCCCCCCCCCCCCCCCCCCC)COC(OCC[N+](C)(C)C)C(=O)O. The van der Waals surface area contributed by atoms with Gasteiger partial charge in [-0.3, -0.25) is 9.59 Å². The third-order valence-electron chi connectivity index (χ3n) is 17.3. The zero-order chi connectivity index (χ0) is 64.0. The van der Waals surface area contributed by atoms with Crippen molar-refractivity contribution in [1.29, 1.82) is 0 Å². The van der Waals surface area contributed by atoms with Gasteiger partial charge in [0.2, 0.25) is 0 Å². The van der Waals surface area contributed by atoms with E-state index in [1.165, 1.54) is 276 Å². The summed E-state index contributed by atoms with van der Waals surface area (Å²) in [5.74, 6) is -1.99. The van der Waals surface area contributed by atoms with Crippen LogP contribution in [0.5, 0.6) is 0 Å². The Bertz CT molecular complexity index is 1580. The minimum absolute atomic E-state index is 0.181. The monoisotopic (exact) mass is 1240 g/mol. The van der Waals surface area contributed by atoms with Gasteiger partial charge in [-0.15, -0.1) is 0 Å². The zero-order valence-electron chi connectivity index (χ0n) is 59.2. The fourth-order valence-corrected chi connectivity index (χ4v) is 11.5. The van der Waals surface area contributed by atoms with Crippen LogP contribution >= 0.6 is 0 Å². The van der Waals surface area contributed by atoms with E-state index in [0.29, 0.717) is 17.4 Å². The quantitative estimate of drug-likeness (QED) is 0.0211. The molecule has 0 rings (SSSR count). The predicted molar refractivity (Wildman–Crippen MR) is 378 cm³/mol. The first-order chi connectivity index (χ1) is 43.1. The predicted octanol–water partition coefficient (Wildman–Crippen LogP) is 24.1. The number of allylic oxidation sites excluding steroid dienone is 8. The van der Waals surface area contributed by atoms with E-state index in [1.54, 1.807) is 0 Å². The second-order valence-corrected chi connectivity index (χ2v) is 27.3. The molecule has 0 amide bonds. The van der Waals surface area contributed by atoms with Crippen molar-refractivity contribution in [3.63, 3.8) is 0 Å². The molecule has 9 nitrogen and oxygen atoms in total. The molecule has 0 aliphatic heterocycles. The van der Waals surface area contributed by atoms with Gasteiger partial charge < -0.3 is 28.5 Å². The summed E-state index contributed by atoms with van der Waals surface area (Å²) >= 11 is 0. The first-order valence-electron chi connectivity index (χ1n) is 38.3. The third kappa shape index (κ3) is 70.7. The molecule has 0 heterocycles. The number of unbranched alkanes of at least 4 members (excludes halogenated alkanes) is 49. The fourth-order valence-electron chi connectivity index (χ4n) is 11.5. The number of esters is 2. The highest BCUT2D eigenvalue weighted by atomic mass is 16.7. The van der Waals surface area contributed by atoms with Crippen LogP contribution in [0.2, 0.25) is 0 Å². The molecule has 0 aliphatic carbocycles. The Labute approximate surface area is 546 Å². The van der Waals surface area contributed by atoms with Crippen molar-refractivity contribution in [3.8, 4) is 0 Å². The van der Waals surface area contributed by atoms with Crippen LogP contribution in [0.15, 0.2) is 48.6 Å². The summed E-state index contributed by atoms with van der Waals surface area (Å²) in [5.41, 5.74) is 0. The Morgan fingerprint density at radius 2 is 0.648 bits per heavy atom. The van der Waals surface area contributed by atoms with E-state index in [-0.39, 0.29) is 32.2 Å². The lowest BCUT2D eigenvalue weighted by atomic mass is 10.0. The number of ether oxygens (including phenoxy) is 4. The number of carbonyl (C=O) groups is 3. The molecular formula is C79H148NO8+. The number of carboxylic acid groups (broad SMARTS) is 1. The van der Waals surface area contributed by atoms with Crippen molar-refractivity contribution >= 4 is 17.9 Å². The summed E-state index contributed by atoms with van der Waals surface area (Å²) in [7, 11) is 5.99. The van der Waals surface area contributed by atoms with Crippen LogP contribution in [0.1, 0.15) is 380 Å². The molecule has 0 bridgehead atoms.